The monoisotopic (exact) mass is 387 g/mol. The average molecular weight is 387 g/mol. The standard InChI is InChI=1S/C18H17N3O3S2/c1-23-13-4-2-3-12(9-13)17-20-18(26-21-17)19-15(22)10-14-16-11(5-7-24-14)6-8-25-16/h2-4,6,8-9,14H,5,7,10H2,1H3,(H,19,20,21,22)/t14-/m1/s1. The van der Waals surface area contributed by atoms with Crippen LogP contribution in [-0.2, 0) is 16.0 Å². The van der Waals surface area contributed by atoms with Crippen LogP contribution in [0.2, 0.25) is 0 Å². The van der Waals surface area contributed by atoms with Crippen molar-refractivity contribution < 1.29 is 14.3 Å². The fourth-order valence-electron chi connectivity index (χ4n) is 2.87. The van der Waals surface area contributed by atoms with E-state index >= 15 is 0 Å². The lowest BCUT2D eigenvalue weighted by atomic mass is 10.1. The molecule has 1 atom stereocenters. The molecule has 8 heteroatoms. The third-order valence-corrected chi connectivity index (χ3v) is 5.82. The molecule has 134 valence electrons. The maximum atomic E-state index is 12.4. The molecule has 3 heterocycles. The number of amides is 1. The van der Waals surface area contributed by atoms with Crippen LogP contribution in [0.1, 0.15) is 23.0 Å². The maximum absolute atomic E-state index is 12.4. The van der Waals surface area contributed by atoms with Gasteiger partial charge < -0.3 is 14.8 Å². The number of aromatic nitrogens is 2. The van der Waals surface area contributed by atoms with Gasteiger partial charge in [0.2, 0.25) is 11.0 Å². The second-order valence-electron chi connectivity index (χ2n) is 5.83. The number of nitrogens with zero attached hydrogens (tertiary/aromatic N) is 2. The van der Waals surface area contributed by atoms with Crippen LogP contribution < -0.4 is 10.1 Å². The lowest BCUT2D eigenvalue weighted by Crippen LogP contribution is -2.21. The summed E-state index contributed by atoms with van der Waals surface area (Å²) < 4.78 is 15.3. The van der Waals surface area contributed by atoms with Crippen LogP contribution in [0.3, 0.4) is 0 Å². The fraction of sp³-hybridized carbons (Fsp3) is 0.278. The van der Waals surface area contributed by atoms with Crippen molar-refractivity contribution >= 4 is 33.9 Å². The van der Waals surface area contributed by atoms with E-state index in [1.807, 2.05) is 24.3 Å². The van der Waals surface area contributed by atoms with E-state index < -0.39 is 0 Å². The fourth-order valence-corrected chi connectivity index (χ4v) is 4.48. The number of methoxy groups -OCH3 is 1. The van der Waals surface area contributed by atoms with Gasteiger partial charge in [0.05, 0.1) is 20.1 Å². The number of nitrogens with one attached hydrogen (secondary N) is 1. The van der Waals surface area contributed by atoms with Crippen molar-refractivity contribution in [3.05, 3.63) is 46.2 Å². The number of hydrogen-bond donors (Lipinski definition) is 1. The number of carbonyl (C=O) groups excluding carboxylic acids is 1. The number of hydrogen-bond acceptors (Lipinski definition) is 7. The quantitative estimate of drug-likeness (QED) is 0.718. The van der Waals surface area contributed by atoms with Gasteiger partial charge in [-0.2, -0.15) is 9.36 Å². The van der Waals surface area contributed by atoms with E-state index in [-0.39, 0.29) is 18.4 Å². The molecule has 0 saturated heterocycles. The molecule has 1 aliphatic heterocycles. The molecule has 1 aliphatic rings. The van der Waals surface area contributed by atoms with Crippen LogP contribution in [0.25, 0.3) is 11.4 Å². The Kier molecular flexibility index (Phi) is 4.96. The third-order valence-electron chi connectivity index (χ3n) is 4.13. The number of anilines is 1. The van der Waals surface area contributed by atoms with Gasteiger partial charge in [0.15, 0.2) is 5.82 Å². The van der Waals surface area contributed by atoms with Gasteiger partial charge in [0, 0.05) is 22.0 Å². The van der Waals surface area contributed by atoms with Crippen molar-refractivity contribution in [2.24, 2.45) is 0 Å². The van der Waals surface area contributed by atoms with Gasteiger partial charge in [-0.25, -0.2) is 0 Å². The van der Waals surface area contributed by atoms with Crippen LogP contribution in [0.4, 0.5) is 5.13 Å². The van der Waals surface area contributed by atoms with Crippen LogP contribution in [0, 0.1) is 0 Å². The van der Waals surface area contributed by atoms with Crippen molar-refractivity contribution in [2.75, 3.05) is 19.0 Å². The summed E-state index contributed by atoms with van der Waals surface area (Å²) in [5.41, 5.74) is 2.13. The Morgan fingerprint density at radius 3 is 3.23 bits per heavy atom. The first kappa shape index (κ1) is 17.1. The first-order valence-electron chi connectivity index (χ1n) is 8.19. The highest BCUT2D eigenvalue weighted by molar-refractivity contribution is 7.10. The molecule has 26 heavy (non-hydrogen) atoms. The molecular weight excluding hydrogens is 370 g/mol. The minimum atomic E-state index is -0.176. The summed E-state index contributed by atoms with van der Waals surface area (Å²) in [6.45, 7) is 0.653. The zero-order valence-corrected chi connectivity index (χ0v) is 15.7. The molecule has 0 saturated carbocycles. The molecular formula is C18H17N3O3S2. The van der Waals surface area contributed by atoms with Crippen LogP contribution in [-0.4, -0.2) is 29.0 Å². The first-order chi connectivity index (χ1) is 12.7. The van der Waals surface area contributed by atoms with Crippen molar-refractivity contribution in [3.8, 4) is 17.1 Å². The number of fused-ring (bicyclic) bond motifs is 1. The van der Waals surface area contributed by atoms with Gasteiger partial charge in [-0.15, -0.1) is 11.3 Å². The molecule has 6 nitrogen and oxygen atoms in total. The first-order valence-corrected chi connectivity index (χ1v) is 9.84. The highest BCUT2D eigenvalue weighted by atomic mass is 32.1. The molecule has 1 amide bonds. The van der Waals surface area contributed by atoms with Gasteiger partial charge in [0.25, 0.3) is 0 Å². The molecule has 0 fully saturated rings. The molecule has 2 aromatic heterocycles. The van der Waals surface area contributed by atoms with E-state index in [9.17, 15) is 4.79 Å². The summed E-state index contributed by atoms with van der Waals surface area (Å²) in [4.78, 5) is 17.9. The van der Waals surface area contributed by atoms with E-state index in [4.69, 9.17) is 9.47 Å². The van der Waals surface area contributed by atoms with E-state index in [0.29, 0.717) is 17.6 Å². The Labute approximate surface area is 159 Å². The summed E-state index contributed by atoms with van der Waals surface area (Å²) in [6, 6.07) is 9.62. The Bertz CT molecular complexity index is 922. The number of rotatable bonds is 5. The molecule has 1 N–H and O–H groups in total. The second kappa shape index (κ2) is 7.53. The second-order valence-corrected chi connectivity index (χ2v) is 7.53. The SMILES string of the molecule is COc1cccc(-c2nsc(NC(=O)C[C@H]3OCCc4ccsc43)n2)c1. The Hall–Kier alpha value is -2.29. The maximum Gasteiger partial charge on any atom is 0.229 e. The Morgan fingerprint density at radius 1 is 1.42 bits per heavy atom. The highest BCUT2D eigenvalue weighted by Gasteiger charge is 2.25. The average Bonchev–Trinajstić information content (AvgIpc) is 3.31. The third kappa shape index (κ3) is 3.62. The molecule has 1 aromatic carbocycles. The zero-order chi connectivity index (χ0) is 17.9. The Morgan fingerprint density at radius 2 is 2.35 bits per heavy atom. The molecule has 0 bridgehead atoms. The van der Waals surface area contributed by atoms with Gasteiger partial charge in [-0.05, 0) is 35.6 Å². The van der Waals surface area contributed by atoms with Crippen molar-refractivity contribution in [3.63, 3.8) is 0 Å². The normalized spacial score (nSPS) is 16.1. The molecule has 4 rings (SSSR count). The molecule has 0 spiro atoms. The minimum absolute atomic E-state index is 0.121. The van der Waals surface area contributed by atoms with E-state index in [1.165, 1.54) is 5.56 Å². The summed E-state index contributed by atoms with van der Waals surface area (Å²) in [5.74, 6) is 1.19. The summed E-state index contributed by atoms with van der Waals surface area (Å²) in [7, 11) is 1.62. The van der Waals surface area contributed by atoms with E-state index in [0.717, 1.165) is 34.1 Å². The van der Waals surface area contributed by atoms with Crippen LogP contribution >= 0.6 is 22.9 Å². The number of benzene rings is 1. The highest BCUT2D eigenvalue weighted by Crippen LogP contribution is 2.34. The van der Waals surface area contributed by atoms with Gasteiger partial charge in [-0.3, -0.25) is 4.79 Å². The molecule has 0 aliphatic carbocycles. The largest absolute Gasteiger partial charge is 0.497 e. The smallest absolute Gasteiger partial charge is 0.229 e. The van der Waals surface area contributed by atoms with Crippen molar-refractivity contribution in [1.82, 2.24) is 9.36 Å². The number of carbonyl (C=O) groups is 1. The number of ether oxygens (including phenoxy) is 2. The lowest BCUT2D eigenvalue weighted by molar-refractivity contribution is -0.119. The molecule has 3 aromatic rings. The minimum Gasteiger partial charge on any atom is -0.497 e. The predicted molar refractivity (Wildman–Crippen MR) is 102 cm³/mol. The predicted octanol–water partition coefficient (Wildman–Crippen LogP) is 3.92. The lowest BCUT2D eigenvalue weighted by Gasteiger charge is -2.22. The molecule has 0 unspecified atom stereocenters. The topological polar surface area (TPSA) is 73.3 Å². The Balaban J connectivity index is 1.42. The van der Waals surface area contributed by atoms with Gasteiger partial charge in [-0.1, -0.05) is 12.1 Å². The van der Waals surface area contributed by atoms with Crippen LogP contribution in [0.15, 0.2) is 35.7 Å². The van der Waals surface area contributed by atoms with Gasteiger partial charge >= 0.3 is 0 Å². The van der Waals surface area contributed by atoms with Gasteiger partial charge in [0.1, 0.15) is 11.9 Å². The summed E-state index contributed by atoms with van der Waals surface area (Å²) in [5, 5.41) is 5.36. The van der Waals surface area contributed by atoms with Crippen molar-refractivity contribution in [1.29, 1.82) is 0 Å². The summed E-state index contributed by atoms with van der Waals surface area (Å²) >= 11 is 2.81. The van der Waals surface area contributed by atoms with Crippen LogP contribution in [0.5, 0.6) is 5.75 Å². The van der Waals surface area contributed by atoms with E-state index in [1.54, 1.807) is 18.4 Å². The van der Waals surface area contributed by atoms with Crippen molar-refractivity contribution in [2.45, 2.75) is 18.9 Å². The molecule has 0 radical (unpaired) electrons. The number of thiophene rings is 1. The zero-order valence-electron chi connectivity index (χ0n) is 14.1. The summed E-state index contributed by atoms with van der Waals surface area (Å²) in [6.07, 6.45) is 1.02. The van der Waals surface area contributed by atoms with E-state index in [2.05, 4.69) is 26.1 Å².